The molecule has 3 aromatic rings. The molecule has 2 aromatic carbocycles. The smallest absolute Gasteiger partial charge is 0.306 e. The van der Waals surface area contributed by atoms with Crippen LogP contribution in [0.15, 0.2) is 34.8 Å². The van der Waals surface area contributed by atoms with Gasteiger partial charge in [-0.05, 0) is 83.2 Å². The molecule has 2 unspecified atom stereocenters. The van der Waals surface area contributed by atoms with E-state index in [1.54, 1.807) is 20.8 Å². The monoisotopic (exact) mass is 677 g/mol. The van der Waals surface area contributed by atoms with Crippen molar-refractivity contribution in [2.24, 2.45) is 5.92 Å². The molecule has 6 nitrogen and oxygen atoms in total. The second kappa shape index (κ2) is 13.9. The van der Waals surface area contributed by atoms with Crippen LogP contribution in [-0.2, 0) is 9.53 Å². The van der Waals surface area contributed by atoms with Crippen molar-refractivity contribution in [3.8, 4) is 0 Å². The number of aromatic nitrogens is 1. The predicted octanol–water partition coefficient (Wildman–Crippen LogP) is 8.50. The molecule has 1 aliphatic rings. The summed E-state index contributed by atoms with van der Waals surface area (Å²) in [7, 11) is 0. The third-order valence-electron chi connectivity index (χ3n) is 7.90. The summed E-state index contributed by atoms with van der Waals surface area (Å²) < 4.78 is 35.7. The van der Waals surface area contributed by atoms with Crippen LogP contribution < -0.4 is 10.2 Å². The highest BCUT2D eigenvalue weighted by Gasteiger charge is 2.28. The maximum Gasteiger partial charge on any atom is 0.306 e. The van der Waals surface area contributed by atoms with Gasteiger partial charge in [0, 0.05) is 53.0 Å². The van der Waals surface area contributed by atoms with Crippen LogP contribution in [0, 0.1) is 24.5 Å². The highest BCUT2D eigenvalue weighted by Crippen LogP contribution is 2.35. The molecule has 2 heterocycles. The molecule has 1 saturated heterocycles. The normalized spacial score (nSPS) is 16.3. The second-order valence-electron chi connectivity index (χ2n) is 12.2. The van der Waals surface area contributed by atoms with Gasteiger partial charge in [0.05, 0.1) is 16.1 Å². The van der Waals surface area contributed by atoms with Crippen molar-refractivity contribution < 1.29 is 23.1 Å². The summed E-state index contributed by atoms with van der Waals surface area (Å²) in [6.07, 6.45) is 3.33. The minimum atomic E-state index is -0.785. The zero-order valence-electron chi connectivity index (χ0n) is 25.3. The number of piperidine rings is 1. The molecule has 10 heteroatoms. The van der Waals surface area contributed by atoms with Gasteiger partial charge in [0.1, 0.15) is 23.1 Å². The first-order valence-electron chi connectivity index (χ1n) is 14.8. The van der Waals surface area contributed by atoms with Crippen LogP contribution in [0.2, 0.25) is 5.02 Å². The second-order valence-corrected chi connectivity index (χ2v) is 13.5. The fraction of sp³-hybridized carbons (Fsp3) is 0.485. The molecule has 0 radical (unpaired) electrons. The Balaban J connectivity index is 1.68. The van der Waals surface area contributed by atoms with E-state index in [-0.39, 0.29) is 35.9 Å². The molecule has 1 fully saturated rings. The molecular formula is C33H39BrClF2N3O3. The first kappa shape index (κ1) is 33.1. The van der Waals surface area contributed by atoms with E-state index < -0.39 is 29.1 Å². The zero-order valence-corrected chi connectivity index (χ0v) is 27.7. The molecule has 1 aliphatic heterocycles. The summed E-state index contributed by atoms with van der Waals surface area (Å²) in [5, 5.41) is 3.26. The van der Waals surface area contributed by atoms with E-state index in [2.05, 4.69) is 33.1 Å². The highest BCUT2D eigenvalue weighted by atomic mass is 79.9. The average molecular weight is 679 g/mol. The van der Waals surface area contributed by atoms with E-state index >= 15 is 4.39 Å². The number of fused-ring (bicyclic) bond motifs is 1. The summed E-state index contributed by atoms with van der Waals surface area (Å²) in [5.74, 6) is -1.78. The lowest BCUT2D eigenvalue weighted by molar-refractivity contribution is -0.155. The van der Waals surface area contributed by atoms with Gasteiger partial charge in [-0.15, -0.1) is 0 Å². The van der Waals surface area contributed by atoms with Gasteiger partial charge < -0.3 is 15.0 Å². The highest BCUT2D eigenvalue weighted by molar-refractivity contribution is 9.10. The Morgan fingerprint density at radius 1 is 1.21 bits per heavy atom. The molecule has 1 amide bonds. The van der Waals surface area contributed by atoms with Crippen molar-refractivity contribution >= 4 is 56.1 Å². The third kappa shape index (κ3) is 8.04. The quantitative estimate of drug-likeness (QED) is 0.182. The molecule has 232 valence electrons. The van der Waals surface area contributed by atoms with Crippen molar-refractivity contribution in [1.82, 2.24) is 10.3 Å². The van der Waals surface area contributed by atoms with E-state index in [1.165, 1.54) is 6.42 Å². The van der Waals surface area contributed by atoms with Gasteiger partial charge >= 0.3 is 5.97 Å². The Kier molecular flexibility index (Phi) is 10.7. The number of hydrogen-bond donors (Lipinski definition) is 1. The van der Waals surface area contributed by atoms with Crippen molar-refractivity contribution in [3.63, 3.8) is 0 Å². The number of nitrogens with one attached hydrogen (secondary N) is 1. The van der Waals surface area contributed by atoms with E-state index in [1.807, 2.05) is 25.1 Å². The molecule has 43 heavy (non-hydrogen) atoms. The van der Waals surface area contributed by atoms with Crippen LogP contribution in [-0.4, -0.2) is 42.1 Å². The number of anilines is 1. The Hall–Kier alpha value is -2.78. The van der Waals surface area contributed by atoms with E-state index in [4.69, 9.17) is 21.3 Å². The van der Waals surface area contributed by atoms with Crippen LogP contribution in [0.25, 0.3) is 10.9 Å². The number of hydrogen-bond acceptors (Lipinski definition) is 5. The lowest BCUT2D eigenvalue weighted by Crippen LogP contribution is -2.37. The lowest BCUT2D eigenvalue weighted by atomic mass is 9.92. The maximum atomic E-state index is 15.1. The standard InChI is InChI=1S/C33H39BrClF2N3O3/c1-6-20-8-7-15-40(18-20)31-19(2)28(23-16-22(34)10-13-26(23)39-31)32(42)38-17-21(9-14-27(41)43-33(3,4)5)29-24(36)11-12-25(37)30(29)35/h10-13,16,20-21H,6-9,14-15,17-18H2,1-5H3,(H,38,42). The zero-order chi connectivity index (χ0) is 31.5. The molecule has 4 rings (SSSR count). The number of carbonyl (C=O) groups is 2. The van der Waals surface area contributed by atoms with Crippen LogP contribution in [0.5, 0.6) is 0 Å². The van der Waals surface area contributed by atoms with Crippen molar-refractivity contribution in [1.29, 1.82) is 0 Å². The number of halogens is 4. The molecule has 2 atom stereocenters. The minimum absolute atomic E-state index is 0.0635. The van der Waals surface area contributed by atoms with Crippen molar-refractivity contribution in [2.45, 2.75) is 78.2 Å². The Morgan fingerprint density at radius 3 is 2.63 bits per heavy atom. The van der Waals surface area contributed by atoms with E-state index in [0.29, 0.717) is 22.4 Å². The fourth-order valence-electron chi connectivity index (χ4n) is 5.76. The van der Waals surface area contributed by atoms with Gasteiger partial charge in [-0.1, -0.05) is 40.9 Å². The molecule has 0 bridgehead atoms. The Morgan fingerprint density at radius 2 is 1.93 bits per heavy atom. The Labute approximate surface area is 265 Å². The van der Waals surface area contributed by atoms with Gasteiger partial charge in [0.25, 0.3) is 5.91 Å². The first-order valence-corrected chi connectivity index (χ1v) is 15.9. The van der Waals surface area contributed by atoms with Crippen LogP contribution in [0.3, 0.4) is 0 Å². The fourth-order valence-corrected chi connectivity index (χ4v) is 6.43. The van der Waals surface area contributed by atoms with E-state index in [9.17, 15) is 14.0 Å². The van der Waals surface area contributed by atoms with Crippen LogP contribution in [0.1, 0.15) is 87.2 Å². The van der Waals surface area contributed by atoms with Gasteiger partial charge in [-0.3, -0.25) is 9.59 Å². The number of rotatable bonds is 9. The molecule has 0 saturated carbocycles. The number of carbonyl (C=O) groups excluding carboxylic acids is 2. The number of pyridine rings is 1. The summed E-state index contributed by atoms with van der Waals surface area (Å²) >= 11 is 9.75. The summed E-state index contributed by atoms with van der Waals surface area (Å²) in [5.41, 5.74) is 1.13. The Bertz CT molecular complexity index is 1510. The maximum absolute atomic E-state index is 15.1. The summed E-state index contributed by atoms with van der Waals surface area (Å²) in [6.45, 7) is 11.0. The van der Waals surface area contributed by atoms with Crippen LogP contribution in [0.4, 0.5) is 14.6 Å². The molecular weight excluding hydrogens is 640 g/mol. The summed E-state index contributed by atoms with van der Waals surface area (Å²) in [4.78, 5) is 33.7. The predicted molar refractivity (Wildman–Crippen MR) is 171 cm³/mol. The topological polar surface area (TPSA) is 71.5 Å². The number of benzene rings is 2. The average Bonchev–Trinajstić information content (AvgIpc) is 2.94. The summed E-state index contributed by atoms with van der Waals surface area (Å²) in [6, 6.07) is 7.60. The molecule has 0 aliphatic carbocycles. The molecule has 1 N–H and O–H groups in total. The van der Waals surface area contributed by atoms with Gasteiger partial charge in [0.2, 0.25) is 0 Å². The van der Waals surface area contributed by atoms with Crippen molar-refractivity contribution in [2.75, 3.05) is 24.5 Å². The first-order chi connectivity index (χ1) is 20.3. The molecule has 0 spiro atoms. The minimum Gasteiger partial charge on any atom is -0.460 e. The molecule has 1 aromatic heterocycles. The van der Waals surface area contributed by atoms with Crippen molar-refractivity contribution in [3.05, 3.63) is 68.2 Å². The SMILES string of the molecule is CCC1CCCN(c2nc3ccc(Br)cc3c(C(=O)NCC(CCC(=O)OC(C)(C)C)c3c(F)ccc(F)c3Cl)c2C)C1. The number of nitrogens with zero attached hydrogens (tertiary/aromatic N) is 2. The van der Waals surface area contributed by atoms with Gasteiger partial charge in [0.15, 0.2) is 0 Å². The van der Waals surface area contributed by atoms with Gasteiger partial charge in [-0.25, -0.2) is 13.8 Å². The number of amides is 1. The number of ether oxygens (including phenoxy) is 1. The van der Waals surface area contributed by atoms with Crippen LogP contribution >= 0.6 is 27.5 Å². The third-order valence-corrected chi connectivity index (χ3v) is 8.78. The lowest BCUT2D eigenvalue weighted by Gasteiger charge is -2.34. The number of esters is 1. The van der Waals surface area contributed by atoms with E-state index in [0.717, 1.165) is 53.9 Å². The van der Waals surface area contributed by atoms with Gasteiger partial charge in [-0.2, -0.15) is 0 Å². The largest absolute Gasteiger partial charge is 0.460 e.